The molecule has 6 rings (SSSR count). The highest BCUT2D eigenvalue weighted by atomic mass is 19.1. The lowest BCUT2D eigenvalue weighted by molar-refractivity contribution is 0.0697. The Morgan fingerprint density at radius 1 is 1.02 bits per heavy atom. The fourth-order valence-electron chi connectivity index (χ4n) is 5.64. The van der Waals surface area contributed by atoms with Crippen LogP contribution in [0.2, 0.25) is 0 Å². The Labute approximate surface area is 251 Å². The minimum absolute atomic E-state index is 0.0275. The van der Waals surface area contributed by atoms with Crippen molar-refractivity contribution in [3.8, 4) is 17.1 Å². The number of imidazole rings is 1. The maximum Gasteiger partial charge on any atom is 0.335 e. The molecule has 1 atom stereocenters. The van der Waals surface area contributed by atoms with Crippen molar-refractivity contribution in [2.45, 2.75) is 39.8 Å². The van der Waals surface area contributed by atoms with Crippen LogP contribution in [0.5, 0.6) is 5.88 Å². The van der Waals surface area contributed by atoms with Gasteiger partial charge in [0.1, 0.15) is 29.9 Å². The standard InChI is InChI=1S/C34H30F3N3O4/c1-19-11-23(35)9-7-21(19)16-44-32-6-4-5-27(39-32)24-15-25(36)22(12-26(24)37)14-31-38-28-10-8-20(33(41)42)13-29(28)40(31)30-17-43-18-34(30,2)3/h4-13,15,30H,14,16-18H2,1-3H3,(H,41,42)/t30-/m1/s1. The topological polar surface area (TPSA) is 86.5 Å². The number of aromatic carboxylic acids is 1. The maximum atomic E-state index is 15.6. The minimum Gasteiger partial charge on any atom is -0.478 e. The number of fused-ring (bicyclic) bond motifs is 1. The minimum atomic E-state index is -1.07. The quantitative estimate of drug-likeness (QED) is 0.201. The van der Waals surface area contributed by atoms with Gasteiger partial charge in [-0.1, -0.05) is 26.0 Å². The van der Waals surface area contributed by atoms with Crippen LogP contribution in [0.3, 0.4) is 0 Å². The second-order valence-electron chi connectivity index (χ2n) is 11.7. The van der Waals surface area contributed by atoms with Crippen LogP contribution < -0.4 is 4.74 Å². The third-order valence-corrected chi connectivity index (χ3v) is 8.14. The number of aromatic nitrogens is 3. The summed E-state index contributed by atoms with van der Waals surface area (Å²) in [5.41, 5.74) is 2.72. The van der Waals surface area contributed by atoms with E-state index < -0.39 is 17.6 Å². The van der Waals surface area contributed by atoms with Crippen LogP contribution in [0, 0.1) is 29.8 Å². The summed E-state index contributed by atoms with van der Waals surface area (Å²) in [5, 5.41) is 9.58. The smallest absolute Gasteiger partial charge is 0.335 e. The van der Waals surface area contributed by atoms with E-state index in [2.05, 4.69) is 4.98 Å². The number of hydrogen-bond acceptors (Lipinski definition) is 5. The summed E-state index contributed by atoms with van der Waals surface area (Å²) in [6, 6.07) is 15.9. The second-order valence-corrected chi connectivity index (χ2v) is 11.7. The molecule has 0 saturated carbocycles. The molecule has 0 amide bonds. The maximum absolute atomic E-state index is 15.6. The Morgan fingerprint density at radius 3 is 2.57 bits per heavy atom. The highest BCUT2D eigenvalue weighted by Gasteiger charge is 2.39. The summed E-state index contributed by atoms with van der Waals surface area (Å²) in [5.74, 6) is -2.02. The average Bonchev–Trinajstić information content (AvgIpc) is 3.51. The Hall–Kier alpha value is -4.70. The summed E-state index contributed by atoms with van der Waals surface area (Å²) in [7, 11) is 0. The highest BCUT2D eigenvalue weighted by Crippen LogP contribution is 2.40. The molecule has 3 aromatic carbocycles. The van der Waals surface area contributed by atoms with Crippen molar-refractivity contribution in [2.24, 2.45) is 5.41 Å². The van der Waals surface area contributed by atoms with Crippen molar-refractivity contribution in [1.82, 2.24) is 14.5 Å². The fourth-order valence-corrected chi connectivity index (χ4v) is 5.64. The predicted octanol–water partition coefficient (Wildman–Crippen LogP) is 7.29. The number of benzene rings is 3. The molecule has 1 aliphatic rings. The molecule has 0 radical (unpaired) electrons. The number of carboxylic acids is 1. The zero-order chi connectivity index (χ0) is 31.2. The van der Waals surface area contributed by atoms with Crippen LogP contribution in [0.1, 0.15) is 52.8 Å². The van der Waals surface area contributed by atoms with E-state index in [0.29, 0.717) is 30.1 Å². The van der Waals surface area contributed by atoms with E-state index in [1.54, 1.807) is 43.3 Å². The lowest BCUT2D eigenvalue weighted by Gasteiger charge is -2.28. The second kappa shape index (κ2) is 11.4. The highest BCUT2D eigenvalue weighted by molar-refractivity contribution is 5.92. The zero-order valence-corrected chi connectivity index (χ0v) is 24.4. The third-order valence-electron chi connectivity index (χ3n) is 8.14. The van der Waals surface area contributed by atoms with Crippen LogP contribution in [0.25, 0.3) is 22.3 Å². The molecule has 3 heterocycles. The Kier molecular flexibility index (Phi) is 7.63. The predicted molar refractivity (Wildman–Crippen MR) is 158 cm³/mol. The molecular formula is C34H30F3N3O4. The molecule has 7 nitrogen and oxygen atoms in total. The van der Waals surface area contributed by atoms with Crippen molar-refractivity contribution < 1.29 is 32.5 Å². The number of hydrogen-bond donors (Lipinski definition) is 1. The van der Waals surface area contributed by atoms with Crippen LogP contribution >= 0.6 is 0 Å². The lowest BCUT2D eigenvalue weighted by Crippen LogP contribution is -2.27. The molecule has 1 fully saturated rings. The first-order valence-electron chi connectivity index (χ1n) is 14.2. The Bertz CT molecular complexity index is 1900. The van der Waals surface area contributed by atoms with Crippen LogP contribution in [-0.2, 0) is 17.8 Å². The van der Waals surface area contributed by atoms with Gasteiger partial charge in [0.25, 0.3) is 0 Å². The molecule has 226 valence electrons. The number of ether oxygens (including phenoxy) is 2. The monoisotopic (exact) mass is 601 g/mol. The van der Waals surface area contributed by atoms with E-state index >= 15 is 8.78 Å². The first kappa shape index (κ1) is 29.4. The molecule has 1 saturated heterocycles. The lowest BCUT2D eigenvalue weighted by atomic mass is 9.87. The number of pyridine rings is 1. The van der Waals surface area contributed by atoms with Gasteiger partial charge in [-0.2, -0.15) is 0 Å². The van der Waals surface area contributed by atoms with Gasteiger partial charge in [-0.05, 0) is 72.1 Å². The van der Waals surface area contributed by atoms with Gasteiger partial charge in [0.05, 0.1) is 41.5 Å². The van der Waals surface area contributed by atoms with Crippen LogP contribution in [0.4, 0.5) is 13.2 Å². The molecule has 1 aliphatic heterocycles. The number of halogens is 3. The SMILES string of the molecule is Cc1cc(F)ccc1COc1cccc(-c2cc(F)c(Cc3nc4ccc(C(=O)O)cc4n3[C@@H]3COCC3(C)C)cc2F)n1. The molecule has 5 aromatic rings. The number of rotatable bonds is 8. The molecule has 0 spiro atoms. The zero-order valence-electron chi connectivity index (χ0n) is 24.4. The molecule has 2 aromatic heterocycles. The molecule has 0 unspecified atom stereocenters. The molecule has 10 heteroatoms. The number of aryl methyl sites for hydroxylation is 1. The van der Waals surface area contributed by atoms with Gasteiger partial charge in [-0.25, -0.2) is 27.9 Å². The van der Waals surface area contributed by atoms with E-state index in [-0.39, 0.29) is 58.6 Å². The fraction of sp³-hybridized carbons (Fsp3) is 0.265. The normalized spacial score (nSPS) is 16.0. The van der Waals surface area contributed by atoms with Gasteiger partial charge in [0, 0.05) is 23.5 Å². The summed E-state index contributed by atoms with van der Waals surface area (Å²) in [6.07, 6.45) is -0.0275. The van der Waals surface area contributed by atoms with Crippen molar-refractivity contribution in [3.05, 3.63) is 112 Å². The van der Waals surface area contributed by atoms with Crippen LogP contribution in [0.15, 0.2) is 66.7 Å². The van der Waals surface area contributed by atoms with Gasteiger partial charge < -0.3 is 19.1 Å². The number of carbonyl (C=O) groups is 1. The molecule has 1 N–H and O–H groups in total. The molecule has 0 aliphatic carbocycles. The molecular weight excluding hydrogens is 571 g/mol. The summed E-state index contributed by atoms with van der Waals surface area (Å²) < 4.78 is 58.1. The largest absolute Gasteiger partial charge is 0.478 e. The van der Waals surface area contributed by atoms with Crippen molar-refractivity contribution >= 4 is 17.0 Å². The van der Waals surface area contributed by atoms with Gasteiger partial charge in [-0.3, -0.25) is 0 Å². The van der Waals surface area contributed by atoms with Crippen molar-refractivity contribution in [2.75, 3.05) is 13.2 Å². The first-order valence-corrected chi connectivity index (χ1v) is 14.2. The summed E-state index contributed by atoms with van der Waals surface area (Å²) in [6.45, 7) is 6.87. The van der Waals surface area contributed by atoms with Crippen molar-refractivity contribution in [3.63, 3.8) is 0 Å². The van der Waals surface area contributed by atoms with E-state index in [9.17, 15) is 14.3 Å². The molecule has 44 heavy (non-hydrogen) atoms. The Balaban J connectivity index is 1.31. The van der Waals surface area contributed by atoms with Crippen LogP contribution in [-0.4, -0.2) is 38.8 Å². The Morgan fingerprint density at radius 2 is 1.84 bits per heavy atom. The van der Waals surface area contributed by atoms with E-state index in [4.69, 9.17) is 14.5 Å². The molecule has 0 bridgehead atoms. The van der Waals surface area contributed by atoms with Crippen molar-refractivity contribution in [1.29, 1.82) is 0 Å². The van der Waals surface area contributed by atoms with E-state index in [0.717, 1.165) is 23.3 Å². The first-order chi connectivity index (χ1) is 21.0. The van der Waals surface area contributed by atoms with Gasteiger partial charge in [0.15, 0.2) is 0 Å². The summed E-state index contributed by atoms with van der Waals surface area (Å²) >= 11 is 0. The van der Waals surface area contributed by atoms with Gasteiger partial charge in [-0.15, -0.1) is 0 Å². The summed E-state index contributed by atoms with van der Waals surface area (Å²) in [4.78, 5) is 20.8. The van der Waals surface area contributed by atoms with Gasteiger partial charge >= 0.3 is 5.97 Å². The van der Waals surface area contributed by atoms with E-state index in [1.165, 1.54) is 18.2 Å². The number of carboxylic acid groups (broad SMARTS) is 1. The number of nitrogens with zero attached hydrogens (tertiary/aromatic N) is 3. The third kappa shape index (κ3) is 5.65. The average molecular weight is 602 g/mol. The van der Waals surface area contributed by atoms with E-state index in [1.807, 2.05) is 18.4 Å². The van der Waals surface area contributed by atoms with Gasteiger partial charge in [0.2, 0.25) is 5.88 Å².